The molecule has 1 aliphatic carbocycles. The summed E-state index contributed by atoms with van der Waals surface area (Å²) in [5, 5.41) is 6.87. The molecule has 8 heteroatoms. The average molecular weight is 454 g/mol. The summed E-state index contributed by atoms with van der Waals surface area (Å²) in [5.74, 6) is -0.156. The Morgan fingerprint density at radius 1 is 1.22 bits per heavy atom. The van der Waals surface area contributed by atoms with Crippen molar-refractivity contribution in [3.8, 4) is 0 Å². The second kappa shape index (κ2) is 9.53. The zero-order valence-corrected chi connectivity index (χ0v) is 18.5. The van der Waals surface area contributed by atoms with Crippen molar-refractivity contribution in [3.63, 3.8) is 0 Å². The fourth-order valence-electron chi connectivity index (χ4n) is 4.99. The molecule has 176 valence electrons. The summed E-state index contributed by atoms with van der Waals surface area (Å²) in [4.78, 5) is 2.09. The van der Waals surface area contributed by atoms with Crippen molar-refractivity contribution in [2.75, 3.05) is 39.0 Å². The third-order valence-corrected chi connectivity index (χ3v) is 6.68. The van der Waals surface area contributed by atoms with E-state index < -0.39 is 17.8 Å². The van der Waals surface area contributed by atoms with Crippen molar-refractivity contribution in [2.24, 2.45) is 11.8 Å². The minimum absolute atomic E-state index is 0.0208. The first-order valence-corrected chi connectivity index (χ1v) is 11.2. The highest BCUT2D eigenvalue weighted by Gasteiger charge is 2.45. The Hall–Kier alpha value is -1.90. The minimum atomic E-state index is -4.41. The maximum atomic E-state index is 13.5. The van der Waals surface area contributed by atoms with Gasteiger partial charge in [-0.05, 0) is 63.7 Å². The van der Waals surface area contributed by atoms with Crippen molar-refractivity contribution in [3.05, 3.63) is 53.4 Å². The lowest BCUT2D eigenvalue weighted by atomic mass is 9.73. The maximum absolute atomic E-state index is 13.5. The Labute approximate surface area is 186 Å². The molecule has 0 aromatic heterocycles. The van der Waals surface area contributed by atoms with Crippen molar-refractivity contribution in [1.29, 1.82) is 0 Å². The first-order valence-electron chi connectivity index (χ1n) is 11.2. The summed E-state index contributed by atoms with van der Waals surface area (Å²) in [5.41, 5.74) is 0.585. The van der Waals surface area contributed by atoms with Crippen LogP contribution in [0.4, 0.5) is 23.2 Å². The Morgan fingerprint density at radius 2 is 2.03 bits per heavy atom. The van der Waals surface area contributed by atoms with Gasteiger partial charge in [-0.3, -0.25) is 0 Å². The van der Waals surface area contributed by atoms with Gasteiger partial charge in [0.05, 0.1) is 17.8 Å². The lowest BCUT2D eigenvalue weighted by Gasteiger charge is -2.47. The van der Waals surface area contributed by atoms with Gasteiger partial charge >= 0.3 is 6.18 Å². The average Bonchev–Trinajstić information content (AvgIpc) is 2.75. The molecule has 0 radical (unpaired) electrons. The summed E-state index contributed by atoms with van der Waals surface area (Å²) >= 11 is 0. The highest BCUT2D eigenvalue weighted by atomic mass is 19.4. The first kappa shape index (κ1) is 23.3. The van der Waals surface area contributed by atoms with Crippen LogP contribution in [0.15, 0.2) is 42.3 Å². The Balaban J connectivity index is 1.56. The third kappa shape index (κ3) is 5.18. The van der Waals surface area contributed by atoms with E-state index in [0.717, 1.165) is 32.0 Å². The van der Waals surface area contributed by atoms with Crippen LogP contribution < -0.4 is 10.6 Å². The predicted molar refractivity (Wildman–Crippen MR) is 117 cm³/mol. The number of fused-ring (bicyclic) bond motifs is 3. The topological polar surface area (TPSA) is 36.5 Å². The molecule has 0 spiro atoms. The molecule has 0 bridgehead atoms. The van der Waals surface area contributed by atoms with Crippen molar-refractivity contribution in [2.45, 2.75) is 43.7 Å². The highest BCUT2D eigenvalue weighted by Crippen LogP contribution is 2.49. The zero-order chi connectivity index (χ0) is 22.9. The maximum Gasteiger partial charge on any atom is 0.416 e. The molecule has 2 heterocycles. The van der Waals surface area contributed by atoms with Crippen LogP contribution in [0.1, 0.15) is 36.5 Å². The van der Waals surface area contributed by atoms with E-state index in [1.807, 2.05) is 20.2 Å². The molecule has 5 atom stereocenters. The molecule has 2 aliphatic heterocycles. The van der Waals surface area contributed by atoms with E-state index in [-0.39, 0.29) is 29.8 Å². The van der Waals surface area contributed by atoms with Gasteiger partial charge in [-0.15, -0.1) is 0 Å². The van der Waals surface area contributed by atoms with E-state index in [1.54, 1.807) is 6.08 Å². The van der Waals surface area contributed by atoms with Gasteiger partial charge in [0.15, 0.2) is 0 Å². The van der Waals surface area contributed by atoms with Crippen LogP contribution >= 0.6 is 0 Å². The van der Waals surface area contributed by atoms with Gasteiger partial charge in [-0.2, -0.15) is 13.2 Å². The number of benzene rings is 1. The molecule has 0 amide bonds. The van der Waals surface area contributed by atoms with Crippen LogP contribution in [0.25, 0.3) is 0 Å². The normalized spacial score (nSPS) is 29.8. The van der Waals surface area contributed by atoms with Gasteiger partial charge in [0.2, 0.25) is 0 Å². The van der Waals surface area contributed by atoms with Crippen molar-refractivity contribution in [1.82, 2.24) is 10.2 Å². The predicted octanol–water partition coefficient (Wildman–Crippen LogP) is 4.92. The van der Waals surface area contributed by atoms with E-state index in [9.17, 15) is 17.6 Å². The molecule has 4 rings (SSSR count). The van der Waals surface area contributed by atoms with Crippen LogP contribution in [-0.4, -0.2) is 50.8 Å². The van der Waals surface area contributed by atoms with E-state index in [4.69, 9.17) is 4.74 Å². The van der Waals surface area contributed by atoms with Gasteiger partial charge < -0.3 is 20.3 Å². The van der Waals surface area contributed by atoms with Crippen LogP contribution in [0.2, 0.25) is 0 Å². The van der Waals surface area contributed by atoms with E-state index in [0.29, 0.717) is 24.2 Å². The third-order valence-electron chi connectivity index (χ3n) is 6.68. The molecule has 1 saturated heterocycles. The van der Waals surface area contributed by atoms with Crippen LogP contribution in [-0.2, 0) is 10.9 Å². The van der Waals surface area contributed by atoms with Crippen LogP contribution in [0.5, 0.6) is 0 Å². The summed E-state index contributed by atoms with van der Waals surface area (Å²) < 4.78 is 60.2. The minimum Gasteiger partial charge on any atom is -0.381 e. The molecule has 32 heavy (non-hydrogen) atoms. The lowest BCUT2D eigenvalue weighted by molar-refractivity contribution is -0.138. The highest BCUT2D eigenvalue weighted by molar-refractivity contribution is 5.58. The zero-order valence-electron chi connectivity index (χ0n) is 18.5. The largest absolute Gasteiger partial charge is 0.416 e. The molecule has 1 aromatic rings. The SMILES string of the molecule is CN(C)CCNC[C@H]1CC[C@@H]2[C@H](O1)c1cc(C(F)(F)F)ccc1N[C@H]2C1C=CC(F)=CC1. The molecular weight excluding hydrogens is 422 g/mol. The summed E-state index contributed by atoms with van der Waals surface area (Å²) in [7, 11) is 4.02. The Kier molecular flexibility index (Phi) is 6.93. The molecular formula is C24H31F4N3O. The monoisotopic (exact) mass is 453 g/mol. The number of anilines is 1. The van der Waals surface area contributed by atoms with Crippen molar-refractivity contribution >= 4 is 5.69 Å². The Bertz CT molecular complexity index is 867. The summed E-state index contributed by atoms with van der Waals surface area (Å²) in [6.07, 6.45) is 2.29. The number of allylic oxidation sites excluding steroid dienone is 3. The quantitative estimate of drug-likeness (QED) is 0.474. The first-order chi connectivity index (χ1) is 15.2. The number of hydrogen-bond acceptors (Lipinski definition) is 4. The number of alkyl halides is 3. The standard InChI is InChI=1S/C24H31F4N3O/c1-31(2)12-11-29-14-18-8-9-19-22(15-3-6-17(25)7-4-15)30-21-10-5-16(24(26,27)28)13-20(21)23(19)32-18/h3,5-7,10,13,15,18-19,22-23,29-30H,4,8-9,11-12,14H2,1-2H3/t15?,18-,19+,22+,23+/m1/s1. The van der Waals surface area contributed by atoms with E-state index in [1.165, 1.54) is 18.2 Å². The molecule has 3 aliphatic rings. The molecule has 1 fully saturated rings. The van der Waals surface area contributed by atoms with Gasteiger partial charge in [0, 0.05) is 48.8 Å². The number of nitrogens with one attached hydrogen (secondary N) is 2. The van der Waals surface area contributed by atoms with Crippen LogP contribution in [0, 0.1) is 11.8 Å². The molecule has 4 nitrogen and oxygen atoms in total. The van der Waals surface area contributed by atoms with Crippen molar-refractivity contribution < 1.29 is 22.3 Å². The molecule has 1 unspecified atom stereocenters. The second-order valence-corrected chi connectivity index (χ2v) is 9.24. The summed E-state index contributed by atoms with van der Waals surface area (Å²) in [6, 6.07) is 3.83. The lowest BCUT2D eigenvalue weighted by Crippen LogP contribution is -2.48. The second-order valence-electron chi connectivity index (χ2n) is 9.24. The Morgan fingerprint density at radius 3 is 2.72 bits per heavy atom. The molecule has 1 aromatic carbocycles. The molecule has 2 N–H and O–H groups in total. The molecule has 0 saturated carbocycles. The summed E-state index contributed by atoms with van der Waals surface area (Å²) in [6.45, 7) is 2.39. The number of likely N-dealkylation sites (N-methyl/N-ethyl adjacent to an activating group) is 1. The van der Waals surface area contributed by atoms with E-state index >= 15 is 0 Å². The number of ether oxygens (including phenoxy) is 1. The van der Waals surface area contributed by atoms with Gasteiger partial charge in [-0.1, -0.05) is 6.08 Å². The fraction of sp³-hybridized carbons (Fsp3) is 0.583. The number of hydrogen-bond donors (Lipinski definition) is 2. The van der Waals surface area contributed by atoms with Gasteiger partial charge in [0.25, 0.3) is 0 Å². The number of nitrogens with zero attached hydrogens (tertiary/aromatic N) is 1. The fourth-order valence-corrected chi connectivity index (χ4v) is 4.99. The van der Waals surface area contributed by atoms with Crippen LogP contribution in [0.3, 0.4) is 0 Å². The number of halogens is 4. The number of rotatable bonds is 6. The van der Waals surface area contributed by atoms with Gasteiger partial charge in [0.1, 0.15) is 5.83 Å². The smallest absolute Gasteiger partial charge is 0.381 e. The van der Waals surface area contributed by atoms with E-state index in [2.05, 4.69) is 15.5 Å². The van der Waals surface area contributed by atoms with Gasteiger partial charge in [-0.25, -0.2) is 4.39 Å².